The molecule has 2 aliphatic rings. The maximum atomic E-state index is 15.7. The summed E-state index contributed by atoms with van der Waals surface area (Å²) in [6.45, 7) is 17.8. The molecule has 0 spiro atoms. The van der Waals surface area contributed by atoms with Gasteiger partial charge in [-0.15, -0.1) is 0 Å². The zero-order chi connectivity index (χ0) is 39.9. The van der Waals surface area contributed by atoms with Crippen molar-refractivity contribution in [3.05, 3.63) is 70.5 Å². The highest BCUT2D eigenvalue weighted by atomic mass is 16.8. The molecule has 4 unspecified atom stereocenters. The van der Waals surface area contributed by atoms with Gasteiger partial charge in [0, 0.05) is 12.3 Å². The Hall–Kier alpha value is -4.74. The molecule has 1 aromatic rings. The molecule has 2 amide bonds. The summed E-state index contributed by atoms with van der Waals surface area (Å²) in [5, 5.41) is 12.4. The van der Waals surface area contributed by atoms with Gasteiger partial charge in [-0.3, -0.25) is 14.4 Å². The third-order valence-corrected chi connectivity index (χ3v) is 10.4. The summed E-state index contributed by atoms with van der Waals surface area (Å²) < 4.78 is 9.83. The van der Waals surface area contributed by atoms with Gasteiger partial charge in [0.15, 0.2) is 17.3 Å². The molecule has 3 rings (SSSR count). The van der Waals surface area contributed by atoms with Crippen LogP contribution in [0.2, 0.25) is 0 Å². The van der Waals surface area contributed by atoms with Crippen LogP contribution >= 0.6 is 0 Å². The van der Waals surface area contributed by atoms with Crippen LogP contribution in [0.25, 0.3) is 0 Å². The third-order valence-electron chi connectivity index (χ3n) is 10.4. The van der Waals surface area contributed by atoms with Crippen LogP contribution in [-0.4, -0.2) is 59.0 Å². The molecule has 53 heavy (non-hydrogen) atoms. The number of hydrogen-bond acceptors (Lipinski definition) is 10. The van der Waals surface area contributed by atoms with Gasteiger partial charge < -0.3 is 19.4 Å². The normalized spacial score (nSPS) is 22.4. The van der Waals surface area contributed by atoms with E-state index in [0.717, 1.165) is 11.1 Å². The molecule has 2 bridgehead atoms. The monoisotopic (exact) mass is 736 g/mol. The Balaban J connectivity index is 2.43. The molecule has 12 nitrogen and oxygen atoms in total. The van der Waals surface area contributed by atoms with Crippen molar-refractivity contribution in [1.82, 2.24) is 10.6 Å². The number of fused-ring (bicyclic) bond motifs is 2. The van der Waals surface area contributed by atoms with Crippen molar-refractivity contribution in [3.8, 4) is 0 Å². The Bertz CT molecular complexity index is 1670. The topological polar surface area (TPSA) is 166 Å². The number of aliphatic hydroxyl groups excluding tert-OH is 1. The molecule has 0 radical (unpaired) electrons. The predicted molar refractivity (Wildman–Crippen MR) is 198 cm³/mol. The molecule has 1 fully saturated rings. The van der Waals surface area contributed by atoms with Crippen molar-refractivity contribution >= 4 is 35.5 Å². The number of benzene rings is 1. The van der Waals surface area contributed by atoms with Gasteiger partial charge in [-0.2, -0.15) is 5.43 Å². The Kier molecular flexibility index (Phi) is 14.0. The van der Waals surface area contributed by atoms with E-state index in [1.54, 1.807) is 37.3 Å². The minimum Gasteiger partial charge on any atom is -0.510 e. The van der Waals surface area contributed by atoms with Crippen molar-refractivity contribution in [2.45, 2.75) is 107 Å². The van der Waals surface area contributed by atoms with Crippen molar-refractivity contribution < 1.29 is 48.2 Å². The molecular weight excluding hydrogens is 680 g/mol. The van der Waals surface area contributed by atoms with Crippen LogP contribution in [0.5, 0.6) is 0 Å². The summed E-state index contributed by atoms with van der Waals surface area (Å²) in [5.41, 5.74) is -1.02. The minimum atomic E-state index is -2.08. The van der Waals surface area contributed by atoms with E-state index in [-0.39, 0.29) is 43.6 Å². The average molecular weight is 737 g/mol. The number of amides is 2. The van der Waals surface area contributed by atoms with Gasteiger partial charge >= 0.3 is 18.2 Å². The maximum absolute atomic E-state index is 15.7. The number of nitrogens with one attached hydrogen (secondary N) is 1. The number of aliphatic hydroxyl groups is 1. The number of carbonyl (C=O) groups is 6. The van der Waals surface area contributed by atoms with E-state index in [4.69, 9.17) is 14.3 Å². The first-order valence-electron chi connectivity index (χ1n) is 18.3. The zero-order valence-electron chi connectivity index (χ0n) is 32.8. The largest absolute Gasteiger partial charge is 0.510 e. The number of ketones is 3. The van der Waals surface area contributed by atoms with Gasteiger partial charge in [0.05, 0.1) is 25.0 Å². The average Bonchev–Trinajstić information content (AvgIpc) is 3.06. The van der Waals surface area contributed by atoms with E-state index in [1.807, 2.05) is 73.0 Å². The molecule has 2 N–H and O–H groups in total. The van der Waals surface area contributed by atoms with Crippen LogP contribution < -0.4 is 5.43 Å². The van der Waals surface area contributed by atoms with Gasteiger partial charge in [-0.25, -0.2) is 14.4 Å². The third kappa shape index (κ3) is 8.57. The minimum absolute atomic E-state index is 0.0287. The first-order valence-corrected chi connectivity index (χ1v) is 18.3. The number of carbonyl (C=O) groups excluding carboxylic acids is 6. The molecule has 12 heteroatoms. The van der Waals surface area contributed by atoms with E-state index < -0.39 is 81.3 Å². The van der Waals surface area contributed by atoms with Crippen LogP contribution in [0, 0.1) is 28.1 Å². The van der Waals surface area contributed by atoms with Crippen molar-refractivity contribution in [2.24, 2.45) is 28.1 Å². The number of ether oxygens (including phenoxy) is 2. The highest BCUT2D eigenvalue weighted by molar-refractivity contribution is 6.32. The van der Waals surface area contributed by atoms with E-state index in [0.29, 0.717) is 12.0 Å². The number of Topliss-reactive ketones (excluding diaryl/α,β-unsaturated/α-hetero) is 3. The summed E-state index contributed by atoms with van der Waals surface area (Å²) >= 11 is 0. The molecule has 2 aliphatic carbocycles. The van der Waals surface area contributed by atoms with Gasteiger partial charge in [-0.1, -0.05) is 81.3 Å². The van der Waals surface area contributed by atoms with Crippen molar-refractivity contribution in [2.75, 3.05) is 13.2 Å². The Labute approximate surface area is 312 Å². The summed E-state index contributed by atoms with van der Waals surface area (Å²) in [5.74, 6) is -5.45. The van der Waals surface area contributed by atoms with Crippen molar-refractivity contribution in [1.29, 1.82) is 0 Å². The number of hydroxylamine groups is 1. The molecule has 0 heterocycles. The molecule has 1 aromatic carbocycles. The molecule has 0 aliphatic heterocycles. The van der Waals surface area contributed by atoms with Gasteiger partial charge in [-0.05, 0) is 88.8 Å². The first kappa shape index (κ1) is 42.7. The summed E-state index contributed by atoms with van der Waals surface area (Å²) in [6, 6.07) is 8.54. The fourth-order valence-corrected chi connectivity index (χ4v) is 7.85. The van der Waals surface area contributed by atoms with E-state index in [1.165, 1.54) is 6.92 Å². The fraction of sp³-hybridized carbons (Fsp3) is 0.561. The second kappa shape index (κ2) is 17.4. The standard InChI is InChI=1S/C41H56N2O10/c1-11-51-37(49)42-43(38(50)52-12-2)53-32(45)23-30(28-16-14-13-15-17-28)41-35(47)33(31(44)22-27(7)8)34(46)40(36(41)48,21-20-26(5)6)24-29(39(41,9)10)19-18-25(3)4/h13-18,20,27,29-30,46H,11-12,19,21-24H2,1-10H3,(H,42,49). The second-order valence-corrected chi connectivity index (χ2v) is 15.4. The SMILES string of the molecule is CCOC(=O)NN(OC(=O)CC(c1ccccc1)C12C(=O)C(C(=O)CC(C)C)=C(O)C(CC=C(C)C)(CC(CC=C(C)C)C1(C)C)C2=O)C(=O)OCC. The Morgan fingerprint density at radius 3 is 2.09 bits per heavy atom. The van der Waals surface area contributed by atoms with E-state index >= 15 is 9.59 Å². The molecular formula is C41H56N2O10. The van der Waals surface area contributed by atoms with Crippen LogP contribution in [0.1, 0.15) is 113 Å². The maximum Gasteiger partial charge on any atom is 0.463 e. The highest BCUT2D eigenvalue weighted by Crippen LogP contribution is 2.69. The Morgan fingerprint density at radius 2 is 1.55 bits per heavy atom. The van der Waals surface area contributed by atoms with E-state index in [9.17, 15) is 24.3 Å². The molecule has 0 aromatic heterocycles. The highest BCUT2D eigenvalue weighted by Gasteiger charge is 2.75. The molecule has 290 valence electrons. The quantitative estimate of drug-likeness (QED) is 0.0876. The number of nitrogens with zero attached hydrogens (tertiary/aromatic N) is 1. The Morgan fingerprint density at radius 1 is 0.943 bits per heavy atom. The second-order valence-electron chi connectivity index (χ2n) is 15.4. The summed E-state index contributed by atoms with van der Waals surface area (Å²) in [6.07, 6.45) is 1.47. The number of rotatable bonds is 13. The lowest BCUT2D eigenvalue weighted by Crippen LogP contribution is -2.69. The van der Waals surface area contributed by atoms with Gasteiger partial charge in [0.2, 0.25) is 0 Å². The number of hydrazine groups is 1. The number of allylic oxidation sites excluding steroid dienone is 6. The van der Waals surface area contributed by atoms with Crippen LogP contribution in [0.4, 0.5) is 9.59 Å². The van der Waals surface area contributed by atoms with Crippen LogP contribution in [0.3, 0.4) is 0 Å². The fourth-order valence-electron chi connectivity index (χ4n) is 7.85. The number of hydrogen-bond donors (Lipinski definition) is 2. The molecule has 1 saturated carbocycles. The van der Waals surface area contributed by atoms with E-state index in [2.05, 4.69) is 0 Å². The van der Waals surface area contributed by atoms with Crippen LogP contribution in [0.15, 0.2) is 65.0 Å². The molecule has 0 saturated heterocycles. The van der Waals surface area contributed by atoms with Crippen LogP contribution in [-0.2, 0) is 33.5 Å². The zero-order valence-corrected chi connectivity index (χ0v) is 32.8. The van der Waals surface area contributed by atoms with Crippen molar-refractivity contribution in [3.63, 3.8) is 0 Å². The summed E-state index contributed by atoms with van der Waals surface area (Å²) in [4.78, 5) is 90.0. The lowest BCUT2D eigenvalue weighted by atomic mass is 9.37. The van der Waals surface area contributed by atoms with Gasteiger partial charge in [0.1, 0.15) is 16.7 Å². The van der Waals surface area contributed by atoms with Gasteiger partial charge in [0.25, 0.3) is 0 Å². The smallest absolute Gasteiger partial charge is 0.463 e. The lowest BCUT2D eigenvalue weighted by molar-refractivity contribution is -0.195. The summed E-state index contributed by atoms with van der Waals surface area (Å²) in [7, 11) is 0. The molecule has 4 atom stereocenters. The first-order chi connectivity index (χ1) is 24.8. The lowest BCUT2D eigenvalue weighted by Gasteiger charge is -2.62. The predicted octanol–water partition coefficient (Wildman–Crippen LogP) is 8.05.